The number of nitrogens with zero attached hydrogens (tertiary/aromatic N) is 3. The minimum absolute atomic E-state index is 0.00140. The Kier molecular flexibility index (Phi) is 18.6. The van der Waals surface area contributed by atoms with E-state index in [0.29, 0.717) is 11.6 Å². The Morgan fingerprint density at radius 1 is 1.26 bits per heavy atom. The highest BCUT2D eigenvalue weighted by molar-refractivity contribution is 8.06. The number of carbonyl (C=O) groups is 1. The molecule has 0 aromatic heterocycles. The van der Waals surface area contributed by atoms with Gasteiger partial charge in [-0.2, -0.15) is 0 Å². The van der Waals surface area contributed by atoms with E-state index >= 15 is 0 Å². The first-order valence-electron chi connectivity index (χ1n) is 14.3. The minimum Gasteiger partial charge on any atom is -0.351 e. The average molecular weight is 625 g/mol. The van der Waals surface area contributed by atoms with E-state index in [4.69, 9.17) is 16.6 Å². The number of nitrogens with one attached hydrogen (secondary N) is 1. The van der Waals surface area contributed by atoms with Crippen LogP contribution in [0.1, 0.15) is 73.1 Å². The molecule has 3 heterocycles. The number of thioether (sulfide) groups is 1. The smallest absolute Gasteiger partial charge is 0.235 e. The van der Waals surface area contributed by atoms with E-state index < -0.39 is 6.43 Å². The van der Waals surface area contributed by atoms with Gasteiger partial charge in [0.05, 0.1) is 18.3 Å². The van der Waals surface area contributed by atoms with Crippen molar-refractivity contribution in [1.82, 2.24) is 10.2 Å². The molecule has 1 aromatic carbocycles. The maximum absolute atomic E-state index is 12.1. The fourth-order valence-corrected chi connectivity index (χ4v) is 4.85. The number of benzene rings is 1. The molecule has 1 saturated heterocycles. The summed E-state index contributed by atoms with van der Waals surface area (Å²) in [5.74, 6) is 0.611. The lowest BCUT2D eigenvalue weighted by Gasteiger charge is -2.29. The van der Waals surface area contributed by atoms with Crippen LogP contribution >= 0.6 is 23.4 Å². The molecule has 3 aliphatic heterocycles. The number of amides is 1. The second-order valence-electron chi connectivity index (χ2n) is 9.64. The topological polar surface area (TPSA) is 57.1 Å². The van der Waals surface area contributed by atoms with E-state index in [9.17, 15) is 18.0 Å². The van der Waals surface area contributed by atoms with Crippen LogP contribution in [0.5, 0.6) is 0 Å². The van der Waals surface area contributed by atoms with Gasteiger partial charge in [-0.25, -0.2) is 13.2 Å². The molecule has 1 aromatic rings. The van der Waals surface area contributed by atoms with Crippen LogP contribution in [0.4, 0.5) is 13.2 Å². The van der Waals surface area contributed by atoms with Gasteiger partial charge in [-0.3, -0.25) is 14.8 Å². The Hall–Kier alpha value is -2.78. The number of aliphatic imine (C=N–C) groups is 2. The molecule has 0 spiro atoms. The predicted octanol–water partition coefficient (Wildman–Crippen LogP) is 9.34. The molecule has 0 aliphatic carbocycles. The summed E-state index contributed by atoms with van der Waals surface area (Å²) in [7, 11) is 0. The molecule has 4 rings (SSSR count). The fourth-order valence-electron chi connectivity index (χ4n) is 4.09. The van der Waals surface area contributed by atoms with E-state index in [1.807, 2.05) is 24.5 Å². The van der Waals surface area contributed by atoms with Crippen molar-refractivity contribution in [3.8, 4) is 0 Å². The summed E-state index contributed by atoms with van der Waals surface area (Å²) in [6, 6.07) is 5.92. The molecule has 1 N–H and O–H groups in total. The largest absolute Gasteiger partial charge is 0.351 e. The van der Waals surface area contributed by atoms with Gasteiger partial charge in [0.15, 0.2) is 0 Å². The first-order chi connectivity index (χ1) is 20.0. The van der Waals surface area contributed by atoms with Crippen molar-refractivity contribution in [2.45, 2.75) is 85.6 Å². The van der Waals surface area contributed by atoms with Crippen LogP contribution in [0.2, 0.25) is 5.02 Å². The number of hydrogen-bond acceptors (Lipinski definition) is 5. The van der Waals surface area contributed by atoms with Crippen molar-refractivity contribution < 1.29 is 18.0 Å². The van der Waals surface area contributed by atoms with E-state index in [0.717, 1.165) is 41.9 Å². The summed E-state index contributed by atoms with van der Waals surface area (Å²) < 4.78 is 32.7. The molecular formula is C32H44ClF3N4OS. The van der Waals surface area contributed by atoms with Crippen LogP contribution in [0.3, 0.4) is 0 Å². The van der Waals surface area contributed by atoms with Gasteiger partial charge in [-0.05, 0) is 43.5 Å². The van der Waals surface area contributed by atoms with Crippen molar-refractivity contribution in [1.29, 1.82) is 0 Å². The van der Waals surface area contributed by atoms with Gasteiger partial charge in [0.1, 0.15) is 11.7 Å². The summed E-state index contributed by atoms with van der Waals surface area (Å²) in [5.41, 5.74) is 3.37. The number of fused-ring (bicyclic) bond motifs is 1. The number of amidine groups is 1. The molecule has 3 aliphatic rings. The van der Waals surface area contributed by atoms with Gasteiger partial charge in [0.25, 0.3) is 0 Å². The number of carbonyl (C=O) groups excluding carboxylic acids is 1. The summed E-state index contributed by atoms with van der Waals surface area (Å²) in [6.45, 7) is 14.4. The number of alkyl halides is 2. The van der Waals surface area contributed by atoms with Crippen LogP contribution in [0.25, 0.3) is 0 Å². The Morgan fingerprint density at radius 2 is 1.90 bits per heavy atom. The SMILES string of the molecule is C=C(S/C=C\C)C1=NCC(C2=CC=N2)=C2CC(NC(C)=O)CN12.CC(F)F.CCCCCCC.Fc1cccc(Cl)c1. The van der Waals surface area contributed by atoms with Gasteiger partial charge in [-0.15, -0.1) is 0 Å². The maximum atomic E-state index is 12.1. The van der Waals surface area contributed by atoms with Crippen molar-refractivity contribution in [3.63, 3.8) is 0 Å². The normalized spacial score (nSPS) is 16.6. The van der Waals surface area contributed by atoms with Gasteiger partial charge in [0.2, 0.25) is 12.3 Å². The molecule has 1 fully saturated rings. The lowest BCUT2D eigenvalue weighted by Crippen LogP contribution is -2.38. The van der Waals surface area contributed by atoms with Crippen LogP contribution < -0.4 is 5.32 Å². The van der Waals surface area contributed by atoms with E-state index in [-0.39, 0.29) is 17.8 Å². The molecule has 232 valence electrons. The Balaban J connectivity index is 0.000000378. The minimum atomic E-state index is -2.17. The molecule has 5 nitrogen and oxygen atoms in total. The molecule has 1 amide bonds. The van der Waals surface area contributed by atoms with Crippen molar-refractivity contribution >= 4 is 41.3 Å². The summed E-state index contributed by atoms with van der Waals surface area (Å²) in [4.78, 5) is 23.6. The van der Waals surface area contributed by atoms with Crippen molar-refractivity contribution in [3.05, 3.63) is 81.1 Å². The summed E-state index contributed by atoms with van der Waals surface area (Å²) in [5, 5.41) is 5.46. The first-order valence-corrected chi connectivity index (χ1v) is 15.5. The Bertz CT molecular complexity index is 1140. The molecular weight excluding hydrogens is 581 g/mol. The van der Waals surface area contributed by atoms with E-state index in [1.165, 1.54) is 49.9 Å². The number of hydrogen-bond donors (Lipinski definition) is 1. The summed E-state index contributed by atoms with van der Waals surface area (Å²) in [6.07, 6.45) is 11.4. The third kappa shape index (κ3) is 14.4. The molecule has 0 bridgehead atoms. The second-order valence-corrected chi connectivity index (χ2v) is 11.1. The zero-order chi connectivity index (χ0) is 31.5. The summed E-state index contributed by atoms with van der Waals surface area (Å²) >= 11 is 6.98. The zero-order valence-corrected chi connectivity index (χ0v) is 26.9. The lowest BCUT2D eigenvalue weighted by atomic mass is 10.0. The number of rotatable bonds is 9. The number of halogens is 4. The molecule has 42 heavy (non-hydrogen) atoms. The highest BCUT2D eigenvalue weighted by Gasteiger charge is 2.36. The van der Waals surface area contributed by atoms with Crippen LogP contribution in [0.15, 0.2) is 80.3 Å². The second kappa shape index (κ2) is 21.0. The first kappa shape index (κ1) is 37.2. The molecule has 0 radical (unpaired) electrons. The maximum Gasteiger partial charge on any atom is 0.235 e. The number of allylic oxidation sites excluding steroid dienone is 2. The lowest BCUT2D eigenvalue weighted by molar-refractivity contribution is -0.119. The third-order valence-corrected chi connectivity index (χ3v) is 7.02. The quantitative estimate of drug-likeness (QED) is 0.279. The van der Waals surface area contributed by atoms with E-state index in [2.05, 4.69) is 35.6 Å². The van der Waals surface area contributed by atoms with Crippen LogP contribution in [-0.4, -0.2) is 48.4 Å². The highest BCUT2D eigenvalue weighted by Crippen LogP contribution is 2.36. The van der Waals surface area contributed by atoms with Crippen molar-refractivity contribution in [2.24, 2.45) is 9.98 Å². The molecule has 1 unspecified atom stereocenters. The Labute approximate surface area is 258 Å². The van der Waals surface area contributed by atoms with Gasteiger partial charge < -0.3 is 10.2 Å². The van der Waals surface area contributed by atoms with Gasteiger partial charge in [-0.1, -0.05) is 88.0 Å². The van der Waals surface area contributed by atoms with Crippen LogP contribution in [-0.2, 0) is 4.79 Å². The average Bonchev–Trinajstić information content (AvgIpc) is 3.30. The van der Waals surface area contributed by atoms with Gasteiger partial charge >= 0.3 is 0 Å². The Morgan fingerprint density at radius 3 is 2.36 bits per heavy atom. The standard InChI is InChI=1S/C17H20N4OS.C7H16.C6H4ClF.C2H4F2/c1-4-7-23-11(2)17-19-9-14(15-5-6-18-15)16-8-13(10-21(16)17)20-12(3)22;1-3-5-7-6-4-2;7-5-2-1-3-6(8)4-5;1-2(3)4/h4-7,13H,2,8-10H2,1,3H3,(H,20,22);3-7H2,1-2H3;1-4H;2H,1H3/b7-4-;;;. The highest BCUT2D eigenvalue weighted by atomic mass is 35.5. The fraction of sp³-hybridized carbons (Fsp3) is 0.469. The number of unbranched alkanes of at least 4 members (excludes halogenated alkanes) is 4. The van der Waals surface area contributed by atoms with E-state index in [1.54, 1.807) is 37.0 Å². The van der Waals surface area contributed by atoms with Gasteiger partial charge in [0, 0.05) is 47.3 Å². The van der Waals surface area contributed by atoms with Crippen molar-refractivity contribution in [2.75, 3.05) is 13.1 Å². The monoisotopic (exact) mass is 624 g/mol. The molecule has 0 saturated carbocycles. The third-order valence-electron chi connectivity index (χ3n) is 5.91. The molecule has 1 atom stereocenters. The predicted molar refractivity (Wildman–Crippen MR) is 174 cm³/mol. The molecule has 10 heteroatoms. The van der Waals surface area contributed by atoms with Crippen LogP contribution in [0, 0.1) is 5.82 Å². The zero-order valence-electron chi connectivity index (χ0n) is 25.3.